The van der Waals surface area contributed by atoms with Gasteiger partial charge in [-0.3, -0.25) is 4.79 Å². The lowest BCUT2D eigenvalue weighted by molar-refractivity contribution is 0.0440. The molecular formula is C22H33NO7S. The molecule has 1 amide bonds. The zero-order valence-corrected chi connectivity index (χ0v) is 19.4. The van der Waals surface area contributed by atoms with Crippen LogP contribution in [0.3, 0.4) is 0 Å². The predicted molar refractivity (Wildman–Crippen MR) is 117 cm³/mol. The van der Waals surface area contributed by atoms with E-state index in [9.17, 15) is 13.2 Å². The van der Waals surface area contributed by atoms with Gasteiger partial charge in [0.25, 0.3) is 5.91 Å². The second-order valence-electron chi connectivity index (χ2n) is 7.75. The summed E-state index contributed by atoms with van der Waals surface area (Å²) >= 11 is 0. The fourth-order valence-electron chi connectivity index (χ4n) is 4.10. The van der Waals surface area contributed by atoms with E-state index in [-0.39, 0.29) is 29.6 Å². The number of hydrogen-bond donors (Lipinski definition) is 0. The Bertz CT molecular complexity index is 838. The minimum atomic E-state index is -3.14. The Morgan fingerprint density at radius 1 is 1.06 bits per heavy atom. The van der Waals surface area contributed by atoms with Crippen LogP contribution < -0.4 is 14.2 Å². The molecule has 9 heteroatoms. The van der Waals surface area contributed by atoms with Crippen LogP contribution >= 0.6 is 0 Å². The van der Waals surface area contributed by atoms with E-state index in [1.807, 2.05) is 20.8 Å². The topological polar surface area (TPSA) is 91.4 Å². The van der Waals surface area contributed by atoms with E-state index < -0.39 is 9.84 Å². The van der Waals surface area contributed by atoms with Crippen molar-refractivity contribution in [1.82, 2.24) is 4.90 Å². The van der Waals surface area contributed by atoms with E-state index in [1.165, 1.54) is 0 Å². The first-order chi connectivity index (χ1) is 14.9. The minimum Gasteiger partial charge on any atom is -0.490 e. The number of benzene rings is 1. The number of carbonyl (C=O) groups is 1. The van der Waals surface area contributed by atoms with E-state index >= 15 is 0 Å². The molecular weight excluding hydrogens is 422 g/mol. The molecule has 2 heterocycles. The fraction of sp³-hybridized carbons (Fsp3) is 0.682. The van der Waals surface area contributed by atoms with Crippen LogP contribution in [-0.2, 0) is 14.6 Å². The van der Waals surface area contributed by atoms with Crippen molar-refractivity contribution in [2.75, 3.05) is 44.5 Å². The molecule has 0 bridgehead atoms. The number of carbonyl (C=O) groups excluding carboxylic acids is 1. The Morgan fingerprint density at radius 3 is 2.19 bits per heavy atom. The van der Waals surface area contributed by atoms with Crippen molar-refractivity contribution in [1.29, 1.82) is 0 Å². The van der Waals surface area contributed by atoms with Crippen LogP contribution in [0.15, 0.2) is 12.1 Å². The van der Waals surface area contributed by atoms with Gasteiger partial charge >= 0.3 is 0 Å². The van der Waals surface area contributed by atoms with Crippen LogP contribution in [0.25, 0.3) is 0 Å². The van der Waals surface area contributed by atoms with Crippen molar-refractivity contribution in [3.8, 4) is 17.2 Å². The molecule has 0 aromatic heterocycles. The van der Waals surface area contributed by atoms with Gasteiger partial charge in [-0.05, 0) is 52.2 Å². The summed E-state index contributed by atoms with van der Waals surface area (Å²) in [5, 5.41) is 0. The van der Waals surface area contributed by atoms with Gasteiger partial charge < -0.3 is 23.8 Å². The first kappa shape index (κ1) is 23.7. The van der Waals surface area contributed by atoms with Crippen LogP contribution in [0.2, 0.25) is 0 Å². The van der Waals surface area contributed by atoms with Gasteiger partial charge in [-0.2, -0.15) is 0 Å². The average Bonchev–Trinajstić information content (AvgIpc) is 3.37. The van der Waals surface area contributed by atoms with Gasteiger partial charge in [0.15, 0.2) is 21.3 Å². The molecule has 0 unspecified atom stereocenters. The van der Waals surface area contributed by atoms with Gasteiger partial charge in [0.05, 0.1) is 37.4 Å². The van der Waals surface area contributed by atoms with Crippen LogP contribution in [0.5, 0.6) is 17.2 Å². The van der Waals surface area contributed by atoms with Crippen molar-refractivity contribution < 1.29 is 32.2 Å². The van der Waals surface area contributed by atoms with E-state index in [0.29, 0.717) is 62.2 Å². The SMILES string of the molecule is CCOc1cc(C(=O)N(C[C@H]2CCCO2)[C@H]2CCS(=O)(=O)C2)cc(OCC)c1OCC. The van der Waals surface area contributed by atoms with E-state index in [2.05, 4.69) is 0 Å². The van der Waals surface area contributed by atoms with Crippen molar-refractivity contribution in [2.45, 2.75) is 52.2 Å². The highest BCUT2D eigenvalue weighted by Crippen LogP contribution is 2.40. The van der Waals surface area contributed by atoms with Crippen LogP contribution in [-0.4, -0.2) is 75.8 Å². The molecule has 0 spiro atoms. The first-order valence-corrected chi connectivity index (χ1v) is 12.9. The Balaban J connectivity index is 1.96. The number of rotatable bonds is 10. The van der Waals surface area contributed by atoms with Gasteiger partial charge in [0, 0.05) is 24.8 Å². The summed E-state index contributed by atoms with van der Waals surface area (Å²) in [5.74, 6) is 1.19. The van der Waals surface area contributed by atoms with Gasteiger partial charge in [-0.15, -0.1) is 0 Å². The molecule has 8 nitrogen and oxygen atoms in total. The van der Waals surface area contributed by atoms with Crippen molar-refractivity contribution in [3.05, 3.63) is 17.7 Å². The maximum atomic E-state index is 13.6. The molecule has 3 rings (SSSR count). The van der Waals surface area contributed by atoms with Gasteiger partial charge in [0.2, 0.25) is 5.75 Å². The lowest BCUT2D eigenvalue weighted by atomic mass is 10.1. The lowest BCUT2D eigenvalue weighted by Gasteiger charge is -2.31. The molecule has 2 fully saturated rings. The van der Waals surface area contributed by atoms with Gasteiger partial charge in [-0.1, -0.05) is 0 Å². The molecule has 174 valence electrons. The monoisotopic (exact) mass is 455 g/mol. The maximum Gasteiger partial charge on any atom is 0.254 e. The number of ether oxygens (including phenoxy) is 4. The van der Waals surface area contributed by atoms with Crippen LogP contribution in [0, 0.1) is 0 Å². The normalized spacial score (nSPS) is 22.3. The molecule has 2 aliphatic heterocycles. The third kappa shape index (κ3) is 5.83. The fourth-order valence-corrected chi connectivity index (χ4v) is 5.84. The maximum absolute atomic E-state index is 13.6. The smallest absolute Gasteiger partial charge is 0.254 e. The Labute approximate surface area is 184 Å². The number of sulfone groups is 1. The summed E-state index contributed by atoms with van der Waals surface area (Å²) in [6.45, 7) is 7.87. The van der Waals surface area contributed by atoms with E-state index in [4.69, 9.17) is 18.9 Å². The number of hydrogen-bond acceptors (Lipinski definition) is 7. The Kier molecular flexibility index (Phi) is 8.05. The predicted octanol–water partition coefficient (Wildman–Crippen LogP) is 2.69. The highest BCUT2D eigenvalue weighted by molar-refractivity contribution is 7.91. The van der Waals surface area contributed by atoms with Crippen LogP contribution in [0.4, 0.5) is 0 Å². The third-order valence-electron chi connectivity index (χ3n) is 5.49. The second kappa shape index (κ2) is 10.5. The molecule has 2 saturated heterocycles. The average molecular weight is 456 g/mol. The van der Waals surface area contributed by atoms with E-state index in [1.54, 1.807) is 17.0 Å². The summed E-state index contributed by atoms with van der Waals surface area (Å²) in [5.41, 5.74) is 0.387. The van der Waals surface area contributed by atoms with Crippen LogP contribution in [0.1, 0.15) is 50.4 Å². The standard InChI is InChI=1S/C22H33NO7S/c1-4-27-19-12-16(13-20(28-5-2)21(19)29-6-3)22(24)23(14-18-8-7-10-30-18)17-9-11-31(25,26)15-17/h12-13,17-18H,4-11,14-15H2,1-3H3/t17-,18+/m0/s1. The van der Waals surface area contributed by atoms with Crippen molar-refractivity contribution in [2.24, 2.45) is 0 Å². The molecule has 1 aromatic carbocycles. The Hall–Kier alpha value is -2.00. The molecule has 0 radical (unpaired) electrons. The molecule has 1 aromatic rings. The number of nitrogens with zero attached hydrogens (tertiary/aromatic N) is 1. The third-order valence-corrected chi connectivity index (χ3v) is 7.24. The summed E-state index contributed by atoms with van der Waals surface area (Å²) in [7, 11) is -3.14. The Morgan fingerprint density at radius 2 is 1.71 bits per heavy atom. The highest BCUT2D eigenvalue weighted by Gasteiger charge is 2.37. The largest absolute Gasteiger partial charge is 0.490 e. The summed E-state index contributed by atoms with van der Waals surface area (Å²) in [6.07, 6.45) is 2.17. The molecule has 31 heavy (non-hydrogen) atoms. The van der Waals surface area contributed by atoms with Crippen molar-refractivity contribution in [3.63, 3.8) is 0 Å². The highest BCUT2D eigenvalue weighted by atomic mass is 32.2. The summed E-state index contributed by atoms with van der Waals surface area (Å²) in [6, 6.07) is 2.95. The van der Waals surface area contributed by atoms with Gasteiger partial charge in [0.1, 0.15) is 0 Å². The quantitative estimate of drug-likeness (QED) is 0.536. The first-order valence-electron chi connectivity index (χ1n) is 11.1. The summed E-state index contributed by atoms with van der Waals surface area (Å²) < 4.78 is 47.2. The molecule has 0 N–H and O–H groups in total. The minimum absolute atomic E-state index is 0.0148. The molecule has 2 atom stereocenters. The number of amides is 1. The molecule has 0 saturated carbocycles. The zero-order valence-electron chi connectivity index (χ0n) is 18.6. The molecule has 2 aliphatic rings. The molecule has 0 aliphatic carbocycles. The second-order valence-corrected chi connectivity index (χ2v) is 9.98. The van der Waals surface area contributed by atoms with E-state index in [0.717, 1.165) is 12.8 Å². The van der Waals surface area contributed by atoms with Gasteiger partial charge in [-0.25, -0.2) is 8.42 Å². The summed E-state index contributed by atoms with van der Waals surface area (Å²) in [4.78, 5) is 15.3. The lowest BCUT2D eigenvalue weighted by Crippen LogP contribution is -2.45. The van der Waals surface area contributed by atoms with Crippen molar-refractivity contribution >= 4 is 15.7 Å². The zero-order chi connectivity index (χ0) is 22.4.